The molecule has 0 aliphatic carbocycles. The second-order valence-corrected chi connectivity index (χ2v) is 8.73. The van der Waals surface area contributed by atoms with E-state index in [0.29, 0.717) is 18.5 Å². The minimum atomic E-state index is -0.465. The van der Waals surface area contributed by atoms with Crippen molar-refractivity contribution >= 4 is 17.5 Å². The first-order valence-electron chi connectivity index (χ1n) is 10.1. The number of amides is 1. The van der Waals surface area contributed by atoms with E-state index >= 15 is 0 Å². The zero-order valence-corrected chi connectivity index (χ0v) is 17.9. The number of para-hydroxylation sites is 1. The molecule has 2 aliphatic rings. The lowest BCUT2D eigenvalue weighted by Gasteiger charge is -2.32. The number of carbonyl (C=O) groups is 1. The van der Waals surface area contributed by atoms with Crippen LogP contribution >= 0.6 is 0 Å². The molecule has 154 valence electrons. The molecule has 0 radical (unpaired) electrons. The van der Waals surface area contributed by atoms with E-state index in [4.69, 9.17) is 4.74 Å². The van der Waals surface area contributed by atoms with Crippen LogP contribution in [-0.4, -0.2) is 56.8 Å². The van der Waals surface area contributed by atoms with Crippen LogP contribution in [0, 0.1) is 0 Å². The van der Waals surface area contributed by atoms with Crippen LogP contribution in [0.25, 0.3) is 0 Å². The van der Waals surface area contributed by atoms with Gasteiger partial charge in [-0.25, -0.2) is 4.79 Å². The fraction of sp³-hybridized carbons (Fsp3) is 0.435. The van der Waals surface area contributed by atoms with Crippen molar-refractivity contribution in [3.63, 3.8) is 0 Å². The van der Waals surface area contributed by atoms with Gasteiger partial charge in [-0.3, -0.25) is 10.2 Å². The summed E-state index contributed by atoms with van der Waals surface area (Å²) in [5.41, 5.74) is 4.26. The standard InChI is InChI=1S/C23H30N4O2/c1-23-11-12-26(4)21(23)27(5)19-13-16(15-25(2)3)20(14-18(19)23)29-22(28)24-17-9-7-6-8-10-17/h6-10,13-14,21H,11-12,15H2,1-5H3,(H,24,28)/t21-,23+/m1/s1. The highest BCUT2D eigenvalue weighted by atomic mass is 16.6. The van der Waals surface area contributed by atoms with Gasteiger partial charge in [-0.2, -0.15) is 0 Å². The molecule has 1 N–H and O–H groups in total. The molecule has 2 aromatic carbocycles. The SMILES string of the molecule is CN(C)Cc1cc2c(cc1OC(=O)Nc1ccccc1)[C@]1(C)CCN(C)[C@@H]1N2C. The number of hydrogen-bond donors (Lipinski definition) is 1. The number of hydrogen-bond acceptors (Lipinski definition) is 5. The number of rotatable bonds is 4. The fourth-order valence-electron chi connectivity index (χ4n) is 4.96. The second kappa shape index (κ2) is 7.35. The molecule has 2 aliphatic heterocycles. The summed E-state index contributed by atoms with van der Waals surface area (Å²) in [5.74, 6) is 0.635. The van der Waals surface area contributed by atoms with E-state index < -0.39 is 6.09 Å². The Labute approximate surface area is 173 Å². The number of nitrogens with zero attached hydrogens (tertiary/aromatic N) is 3. The topological polar surface area (TPSA) is 48.1 Å². The first-order chi connectivity index (χ1) is 13.8. The van der Waals surface area contributed by atoms with E-state index in [2.05, 4.69) is 53.2 Å². The Morgan fingerprint density at radius 1 is 1.24 bits per heavy atom. The minimum absolute atomic E-state index is 0.0312. The van der Waals surface area contributed by atoms with Crippen LogP contribution in [0.4, 0.5) is 16.2 Å². The van der Waals surface area contributed by atoms with Gasteiger partial charge in [-0.1, -0.05) is 25.1 Å². The summed E-state index contributed by atoms with van der Waals surface area (Å²) in [6.07, 6.45) is 0.958. The Morgan fingerprint density at radius 3 is 2.66 bits per heavy atom. The number of carbonyl (C=O) groups excluding carboxylic acids is 1. The highest BCUT2D eigenvalue weighted by Gasteiger charge is 2.52. The van der Waals surface area contributed by atoms with Gasteiger partial charge in [0.2, 0.25) is 0 Å². The van der Waals surface area contributed by atoms with Crippen molar-refractivity contribution in [3.05, 3.63) is 53.6 Å². The molecular formula is C23H30N4O2. The Hall–Kier alpha value is -2.57. The van der Waals surface area contributed by atoms with Gasteiger partial charge in [0.05, 0.1) is 6.17 Å². The van der Waals surface area contributed by atoms with Gasteiger partial charge in [0, 0.05) is 42.5 Å². The van der Waals surface area contributed by atoms with E-state index in [1.807, 2.05) is 44.4 Å². The van der Waals surface area contributed by atoms with Gasteiger partial charge in [0.1, 0.15) is 5.75 Å². The van der Waals surface area contributed by atoms with Gasteiger partial charge < -0.3 is 14.5 Å². The zero-order chi connectivity index (χ0) is 20.8. The molecule has 0 spiro atoms. The average Bonchev–Trinajstić information content (AvgIpc) is 3.08. The second-order valence-electron chi connectivity index (χ2n) is 8.73. The Balaban J connectivity index is 1.68. The van der Waals surface area contributed by atoms with Crippen molar-refractivity contribution in [1.82, 2.24) is 9.80 Å². The van der Waals surface area contributed by atoms with Crippen molar-refractivity contribution in [1.29, 1.82) is 0 Å². The zero-order valence-electron chi connectivity index (χ0n) is 17.9. The molecule has 4 rings (SSSR count). The number of ether oxygens (including phenoxy) is 1. The van der Waals surface area contributed by atoms with E-state index in [-0.39, 0.29) is 5.41 Å². The number of benzene rings is 2. The van der Waals surface area contributed by atoms with Gasteiger partial charge in [-0.15, -0.1) is 0 Å². The third kappa shape index (κ3) is 3.47. The molecular weight excluding hydrogens is 364 g/mol. The van der Waals surface area contributed by atoms with Crippen molar-refractivity contribution in [2.45, 2.75) is 31.5 Å². The number of likely N-dealkylation sites (tertiary alicyclic amines) is 1. The summed E-state index contributed by atoms with van der Waals surface area (Å²) >= 11 is 0. The minimum Gasteiger partial charge on any atom is -0.410 e. The molecule has 0 unspecified atom stereocenters. The molecule has 6 heteroatoms. The van der Waals surface area contributed by atoms with Crippen LogP contribution < -0.4 is 15.0 Å². The molecule has 1 amide bonds. The average molecular weight is 395 g/mol. The predicted molar refractivity (Wildman–Crippen MR) is 117 cm³/mol. The summed E-state index contributed by atoms with van der Waals surface area (Å²) in [7, 11) is 8.39. The lowest BCUT2D eigenvalue weighted by atomic mass is 9.81. The molecule has 2 aromatic rings. The van der Waals surface area contributed by atoms with E-state index in [1.165, 1.54) is 11.3 Å². The van der Waals surface area contributed by atoms with Crippen LogP contribution in [0.15, 0.2) is 42.5 Å². The fourth-order valence-corrected chi connectivity index (χ4v) is 4.96. The lowest BCUT2D eigenvalue weighted by molar-refractivity contribution is 0.214. The van der Waals surface area contributed by atoms with Crippen molar-refractivity contribution in [2.75, 3.05) is 45.0 Å². The van der Waals surface area contributed by atoms with Gasteiger partial charge in [0.25, 0.3) is 0 Å². The van der Waals surface area contributed by atoms with Crippen molar-refractivity contribution in [2.24, 2.45) is 0 Å². The molecule has 29 heavy (non-hydrogen) atoms. The first-order valence-corrected chi connectivity index (χ1v) is 10.1. The summed E-state index contributed by atoms with van der Waals surface area (Å²) in [4.78, 5) is 19.5. The molecule has 0 aromatic heterocycles. The number of likely N-dealkylation sites (N-methyl/N-ethyl adjacent to an activating group) is 2. The molecule has 0 bridgehead atoms. The number of anilines is 2. The van der Waals surface area contributed by atoms with Crippen molar-refractivity contribution < 1.29 is 9.53 Å². The number of nitrogens with one attached hydrogen (secondary N) is 1. The Bertz CT molecular complexity index is 915. The van der Waals surface area contributed by atoms with Gasteiger partial charge in [0.15, 0.2) is 0 Å². The third-order valence-electron chi connectivity index (χ3n) is 6.22. The third-order valence-corrected chi connectivity index (χ3v) is 6.22. The molecule has 1 fully saturated rings. The highest BCUT2D eigenvalue weighted by molar-refractivity contribution is 5.86. The highest BCUT2D eigenvalue weighted by Crippen LogP contribution is 2.52. The molecule has 1 saturated heterocycles. The smallest absolute Gasteiger partial charge is 0.410 e. The summed E-state index contributed by atoms with van der Waals surface area (Å²) in [6, 6.07) is 13.7. The van der Waals surface area contributed by atoms with E-state index in [9.17, 15) is 4.79 Å². The Morgan fingerprint density at radius 2 is 1.97 bits per heavy atom. The van der Waals surface area contributed by atoms with Gasteiger partial charge >= 0.3 is 6.09 Å². The predicted octanol–water partition coefficient (Wildman–Crippen LogP) is 3.73. The molecule has 0 saturated carbocycles. The van der Waals surface area contributed by atoms with Crippen molar-refractivity contribution in [3.8, 4) is 5.75 Å². The van der Waals surface area contributed by atoms with Crippen LogP contribution in [0.2, 0.25) is 0 Å². The first kappa shape index (κ1) is 19.7. The maximum atomic E-state index is 12.6. The maximum absolute atomic E-state index is 12.6. The quantitative estimate of drug-likeness (QED) is 0.856. The van der Waals surface area contributed by atoms with Crippen LogP contribution in [-0.2, 0) is 12.0 Å². The van der Waals surface area contributed by atoms with E-state index in [1.54, 1.807) is 0 Å². The normalized spacial score (nSPS) is 23.2. The number of fused-ring (bicyclic) bond motifs is 3. The summed E-state index contributed by atoms with van der Waals surface area (Å²) < 4.78 is 5.82. The largest absolute Gasteiger partial charge is 0.417 e. The molecule has 2 atom stereocenters. The summed E-state index contributed by atoms with van der Waals surface area (Å²) in [5, 5.41) is 2.82. The van der Waals surface area contributed by atoms with Crippen LogP contribution in [0.1, 0.15) is 24.5 Å². The monoisotopic (exact) mass is 394 g/mol. The van der Waals surface area contributed by atoms with E-state index in [0.717, 1.165) is 24.2 Å². The summed E-state index contributed by atoms with van der Waals surface area (Å²) in [6.45, 7) is 4.09. The molecule has 2 heterocycles. The van der Waals surface area contributed by atoms with Crippen LogP contribution in [0.3, 0.4) is 0 Å². The lowest BCUT2D eigenvalue weighted by Crippen LogP contribution is -2.45. The maximum Gasteiger partial charge on any atom is 0.417 e. The van der Waals surface area contributed by atoms with Gasteiger partial charge in [-0.05, 0) is 57.4 Å². The van der Waals surface area contributed by atoms with Crippen LogP contribution in [0.5, 0.6) is 5.75 Å². The molecule has 6 nitrogen and oxygen atoms in total. The Kier molecular flexibility index (Phi) is 5.00.